The summed E-state index contributed by atoms with van der Waals surface area (Å²) in [6.07, 6.45) is 0. The van der Waals surface area contributed by atoms with Gasteiger partial charge in [0.1, 0.15) is 0 Å². The van der Waals surface area contributed by atoms with E-state index in [9.17, 15) is 0 Å². The molecule has 0 aromatic heterocycles. The topological polar surface area (TPSA) is 18.5 Å². The fraction of sp³-hybridized carbons (Fsp3) is 1.00. The maximum atomic E-state index is 3.44. The fourth-order valence-corrected chi connectivity index (χ4v) is 2.57. The van der Waals surface area contributed by atoms with E-state index in [0.29, 0.717) is 0 Å². The summed E-state index contributed by atoms with van der Waals surface area (Å²) in [6, 6.07) is 0. The van der Waals surface area contributed by atoms with Crippen molar-refractivity contribution in [3.63, 3.8) is 0 Å². The summed E-state index contributed by atoms with van der Waals surface area (Å²) in [5.41, 5.74) is 0. The Morgan fingerprint density at radius 3 is 1.94 bits per heavy atom. The van der Waals surface area contributed by atoms with Gasteiger partial charge in [0.05, 0.1) is 0 Å². The second-order valence-electron chi connectivity index (χ2n) is 5.91. The van der Waals surface area contributed by atoms with Crippen LogP contribution in [0.1, 0.15) is 27.7 Å². The summed E-state index contributed by atoms with van der Waals surface area (Å²) in [4.78, 5) is 5.23. The van der Waals surface area contributed by atoms with Crippen molar-refractivity contribution in [3.05, 3.63) is 0 Å². The lowest BCUT2D eigenvalue weighted by Crippen LogP contribution is -2.49. The van der Waals surface area contributed by atoms with Gasteiger partial charge in [-0.15, -0.1) is 0 Å². The molecule has 0 spiro atoms. The normalized spacial score (nSPS) is 21.0. The smallest absolute Gasteiger partial charge is 0.0110 e. The molecule has 102 valence electrons. The Labute approximate surface area is 108 Å². The second kappa shape index (κ2) is 8.06. The van der Waals surface area contributed by atoms with E-state index < -0.39 is 0 Å². The number of piperazine rings is 1. The van der Waals surface area contributed by atoms with Crippen LogP contribution >= 0.6 is 0 Å². The lowest BCUT2D eigenvalue weighted by molar-refractivity contribution is 0.111. The van der Waals surface area contributed by atoms with Crippen LogP contribution in [0, 0.1) is 11.8 Å². The van der Waals surface area contributed by atoms with Crippen LogP contribution in [0.2, 0.25) is 0 Å². The Kier molecular flexibility index (Phi) is 7.09. The number of nitrogens with zero attached hydrogens (tertiary/aromatic N) is 2. The Balaban J connectivity index is 2.14. The number of nitrogens with one attached hydrogen (secondary N) is 1. The molecule has 3 heteroatoms. The SMILES string of the molecule is CCNCC(C)CN1CCN(CC(C)C)CC1. The summed E-state index contributed by atoms with van der Waals surface area (Å²) in [6.45, 7) is 18.9. The van der Waals surface area contributed by atoms with Crippen molar-refractivity contribution in [2.75, 3.05) is 52.4 Å². The average Bonchev–Trinajstić information content (AvgIpc) is 2.28. The standard InChI is InChI=1S/C14H31N3/c1-5-15-10-14(4)12-17-8-6-16(7-9-17)11-13(2)3/h13-15H,5-12H2,1-4H3. The van der Waals surface area contributed by atoms with Gasteiger partial charge in [0.25, 0.3) is 0 Å². The van der Waals surface area contributed by atoms with Crippen LogP contribution in [-0.2, 0) is 0 Å². The molecule has 1 aliphatic rings. The highest BCUT2D eigenvalue weighted by molar-refractivity contribution is 4.74. The van der Waals surface area contributed by atoms with Gasteiger partial charge in [-0.1, -0.05) is 27.7 Å². The summed E-state index contributed by atoms with van der Waals surface area (Å²) in [5, 5.41) is 3.44. The first kappa shape index (κ1) is 14.9. The molecule has 0 radical (unpaired) electrons. The predicted molar refractivity (Wildman–Crippen MR) is 75.4 cm³/mol. The summed E-state index contributed by atoms with van der Waals surface area (Å²) in [7, 11) is 0. The minimum Gasteiger partial charge on any atom is -0.317 e. The van der Waals surface area contributed by atoms with Crippen molar-refractivity contribution < 1.29 is 0 Å². The quantitative estimate of drug-likeness (QED) is 0.729. The van der Waals surface area contributed by atoms with Crippen molar-refractivity contribution in [2.45, 2.75) is 27.7 Å². The molecule has 0 aromatic carbocycles. The minimum absolute atomic E-state index is 0.770. The molecule has 1 saturated heterocycles. The van der Waals surface area contributed by atoms with Gasteiger partial charge in [-0.2, -0.15) is 0 Å². The maximum absolute atomic E-state index is 3.44. The Hall–Kier alpha value is -0.120. The van der Waals surface area contributed by atoms with Gasteiger partial charge in [0.15, 0.2) is 0 Å². The van der Waals surface area contributed by atoms with Gasteiger partial charge >= 0.3 is 0 Å². The first-order chi connectivity index (χ1) is 8.11. The molecule has 17 heavy (non-hydrogen) atoms. The third kappa shape index (κ3) is 6.39. The Bertz CT molecular complexity index is 186. The number of rotatable bonds is 7. The van der Waals surface area contributed by atoms with Crippen molar-refractivity contribution >= 4 is 0 Å². The van der Waals surface area contributed by atoms with E-state index in [4.69, 9.17) is 0 Å². The zero-order chi connectivity index (χ0) is 12.7. The van der Waals surface area contributed by atoms with Crippen molar-refractivity contribution in [3.8, 4) is 0 Å². The van der Waals surface area contributed by atoms with Gasteiger partial charge in [0, 0.05) is 39.3 Å². The molecular weight excluding hydrogens is 210 g/mol. The van der Waals surface area contributed by atoms with Crippen LogP contribution in [0.4, 0.5) is 0 Å². The van der Waals surface area contributed by atoms with Crippen LogP contribution in [-0.4, -0.2) is 62.2 Å². The second-order valence-corrected chi connectivity index (χ2v) is 5.91. The van der Waals surface area contributed by atoms with E-state index in [2.05, 4.69) is 42.8 Å². The van der Waals surface area contributed by atoms with E-state index in [1.54, 1.807) is 0 Å². The van der Waals surface area contributed by atoms with Gasteiger partial charge in [0.2, 0.25) is 0 Å². The molecule has 1 atom stereocenters. The van der Waals surface area contributed by atoms with E-state index in [1.807, 2.05) is 0 Å². The third-order valence-electron chi connectivity index (χ3n) is 3.40. The Morgan fingerprint density at radius 2 is 1.47 bits per heavy atom. The van der Waals surface area contributed by atoms with Gasteiger partial charge in [-0.25, -0.2) is 0 Å². The van der Waals surface area contributed by atoms with Crippen LogP contribution in [0.3, 0.4) is 0 Å². The number of hydrogen-bond donors (Lipinski definition) is 1. The van der Waals surface area contributed by atoms with E-state index in [-0.39, 0.29) is 0 Å². The first-order valence-corrected chi connectivity index (χ1v) is 7.27. The molecule has 0 aromatic rings. The van der Waals surface area contributed by atoms with Crippen LogP contribution in [0.25, 0.3) is 0 Å². The maximum Gasteiger partial charge on any atom is 0.0110 e. The average molecular weight is 241 g/mol. The van der Waals surface area contributed by atoms with Crippen molar-refractivity contribution in [1.29, 1.82) is 0 Å². The largest absolute Gasteiger partial charge is 0.317 e. The molecular formula is C14H31N3. The van der Waals surface area contributed by atoms with Gasteiger partial charge in [-0.05, 0) is 24.9 Å². The summed E-state index contributed by atoms with van der Waals surface area (Å²) in [5.74, 6) is 1.57. The highest BCUT2D eigenvalue weighted by Crippen LogP contribution is 2.07. The van der Waals surface area contributed by atoms with E-state index in [1.165, 1.54) is 39.3 Å². The van der Waals surface area contributed by atoms with Crippen molar-refractivity contribution in [1.82, 2.24) is 15.1 Å². The molecule has 1 aliphatic heterocycles. The van der Waals surface area contributed by atoms with Gasteiger partial charge < -0.3 is 15.1 Å². The molecule has 1 unspecified atom stereocenters. The fourth-order valence-electron chi connectivity index (χ4n) is 2.57. The molecule has 1 heterocycles. The van der Waals surface area contributed by atoms with Crippen LogP contribution < -0.4 is 5.32 Å². The molecule has 1 N–H and O–H groups in total. The molecule has 1 rings (SSSR count). The van der Waals surface area contributed by atoms with Gasteiger partial charge in [-0.3, -0.25) is 0 Å². The van der Waals surface area contributed by atoms with E-state index >= 15 is 0 Å². The highest BCUT2D eigenvalue weighted by atomic mass is 15.3. The monoisotopic (exact) mass is 241 g/mol. The number of hydrogen-bond acceptors (Lipinski definition) is 3. The minimum atomic E-state index is 0.770. The van der Waals surface area contributed by atoms with Crippen molar-refractivity contribution in [2.24, 2.45) is 11.8 Å². The zero-order valence-electron chi connectivity index (χ0n) is 12.2. The molecule has 0 amide bonds. The van der Waals surface area contributed by atoms with E-state index in [0.717, 1.165) is 24.9 Å². The molecule has 1 fully saturated rings. The molecule has 0 aliphatic carbocycles. The lowest BCUT2D eigenvalue weighted by Gasteiger charge is -2.36. The first-order valence-electron chi connectivity index (χ1n) is 7.27. The van der Waals surface area contributed by atoms with Crippen LogP contribution in [0.5, 0.6) is 0 Å². The Morgan fingerprint density at radius 1 is 0.941 bits per heavy atom. The molecule has 3 nitrogen and oxygen atoms in total. The predicted octanol–water partition coefficient (Wildman–Crippen LogP) is 1.51. The summed E-state index contributed by atoms with van der Waals surface area (Å²) < 4.78 is 0. The highest BCUT2D eigenvalue weighted by Gasteiger charge is 2.18. The van der Waals surface area contributed by atoms with Crippen LogP contribution in [0.15, 0.2) is 0 Å². The zero-order valence-corrected chi connectivity index (χ0v) is 12.2. The molecule has 0 bridgehead atoms. The summed E-state index contributed by atoms with van der Waals surface area (Å²) >= 11 is 0. The lowest BCUT2D eigenvalue weighted by atomic mass is 10.1. The third-order valence-corrected chi connectivity index (χ3v) is 3.40. The molecule has 0 saturated carbocycles.